The molecule has 1 aliphatic carbocycles. The van der Waals surface area contributed by atoms with Gasteiger partial charge in [0.2, 0.25) is 5.88 Å². The predicted octanol–water partition coefficient (Wildman–Crippen LogP) is 3.18. The maximum atomic E-state index is 12.7. The SMILES string of the molecule is CC(C)(C)[Si](OC[C@@H]1[C@H]2C[C@H]2c2nc(O)cc(=O)n21)(c1ccccc1)c1ccccc1. The highest BCUT2D eigenvalue weighted by molar-refractivity contribution is 6.99. The van der Waals surface area contributed by atoms with Gasteiger partial charge in [0, 0.05) is 5.92 Å². The lowest BCUT2D eigenvalue weighted by Gasteiger charge is -2.43. The van der Waals surface area contributed by atoms with Gasteiger partial charge in [-0.05, 0) is 27.8 Å². The van der Waals surface area contributed by atoms with Gasteiger partial charge in [-0.25, -0.2) is 0 Å². The summed E-state index contributed by atoms with van der Waals surface area (Å²) in [5, 5.41) is 12.2. The van der Waals surface area contributed by atoms with Crippen LogP contribution in [0.2, 0.25) is 5.04 Å². The van der Waals surface area contributed by atoms with Gasteiger partial charge in [0.15, 0.2) is 0 Å². The molecule has 2 heterocycles. The molecule has 1 aliphatic heterocycles. The Morgan fingerprint density at radius 3 is 2.19 bits per heavy atom. The summed E-state index contributed by atoms with van der Waals surface area (Å²) >= 11 is 0. The summed E-state index contributed by atoms with van der Waals surface area (Å²) < 4.78 is 8.84. The van der Waals surface area contributed by atoms with Gasteiger partial charge in [-0.1, -0.05) is 81.4 Å². The van der Waals surface area contributed by atoms with E-state index in [4.69, 9.17) is 4.43 Å². The molecule has 0 spiro atoms. The molecule has 2 aromatic carbocycles. The monoisotopic (exact) mass is 432 g/mol. The highest BCUT2D eigenvalue weighted by Gasteiger charge is 2.56. The maximum Gasteiger partial charge on any atom is 0.261 e. The zero-order chi connectivity index (χ0) is 21.8. The van der Waals surface area contributed by atoms with Crippen LogP contribution >= 0.6 is 0 Å². The molecule has 0 saturated heterocycles. The van der Waals surface area contributed by atoms with Crippen LogP contribution in [0.15, 0.2) is 71.5 Å². The van der Waals surface area contributed by atoms with E-state index in [9.17, 15) is 9.90 Å². The van der Waals surface area contributed by atoms with Gasteiger partial charge >= 0.3 is 0 Å². The Hall–Kier alpha value is -2.70. The molecule has 3 atom stereocenters. The van der Waals surface area contributed by atoms with E-state index in [0.29, 0.717) is 18.3 Å². The maximum absolute atomic E-state index is 12.7. The van der Waals surface area contributed by atoms with Crippen LogP contribution in [-0.2, 0) is 4.43 Å². The fraction of sp³-hybridized carbons (Fsp3) is 0.360. The smallest absolute Gasteiger partial charge is 0.261 e. The van der Waals surface area contributed by atoms with Crippen LogP contribution in [0.5, 0.6) is 5.88 Å². The first-order chi connectivity index (χ1) is 14.8. The lowest BCUT2D eigenvalue weighted by molar-refractivity contribution is 0.224. The first-order valence-corrected chi connectivity index (χ1v) is 12.8. The molecule has 0 amide bonds. The molecule has 31 heavy (non-hydrogen) atoms. The van der Waals surface area contributed by atoms with E-state index in [-0.39, 0.29) is 28.4 Å². The Morgan fingerprint density at radius 1 is 1.06 bits per heavy atom. The number of aromatic nitrogens is 2. The molecule has 160 valence electrons. The third kappa shape index (κ3) is 3.16. The second-order valence-electron chi connectivity index (χ2n) is 9.73. The minimum absolute atomic E-state index is 0.0396. The van der Waals surface area contributed by atoms with Gasteiger partial charge in [0.05, 0.1) is 18.7 Å². The third-order valence-corrected chi connectivity index (χ3v) is 11.9. The van der Waals surface area contributed by atoms with Crippen molar-refractivity contribution < 1.29 is 9.53 Å². The summed E-state index contributed by atoms with van der Waals surface area (Å²) in [6, 6.07) is 22.3. The average Bonchev–Trinajstić information content (AvgIpc) is 3.47. The first kappa shape index (κ1) is 20.2. The van der Waals surface area contributed by atoms with Crippen LogP contribution < -0.4 is 15.9 Å². The molecular weight excluding hydrogens is 404 g/mol. The molecule has 2 aliphatic rings. The van der Waals surface area contributed by atoms with Crippen molar-refractivity contribution in [2.45, 2.75) is 44.2 Å². The van der Waals surface area contributed by atoms with E-state index in [1.54, 1.807) is 4.57 Å². The summed E-state index contributed by atoms with van der Waals surface area (Å²) in [7, 11) is -2.66. The normalized spacial score (nSPS) is 22.1. The second-order valence-corrected chi connectivity index (χ2v) is 14.0. The zero-order valence-corrected chi connectivity index (χ0v) is 19.2. The Kier molecular flexibility index (Phi) is 4.68. The van der Waals surface area contributed by atoms with Crippen molar-refractivity contribution in [1.29, 1.82) is 0 Å². The average molecular weight is 433 g/mol. The standard InChI is InChI=1S/C25H28N2O3Si/c1-25(2,3)31(17-10-6-4-7-11-17,18-12-8-5-9-13-18)30-16-21-19-14-20(19)24-26-22(28)15-23(29)27(21)24/h4-13,15,19-21,28H,14,16H2,1-3H3/t19-,20+,21+/m0/s1. The van der Waals surface area contributed by atoms with Crippen molar-refractivity contribution in [2.75, 3.05) is 6.61 Å². The molecule has 5 rings (SSSR count). The number of nitrogens with zero attached hydrogens (tertiary/aromatic N) is 2. The molecule has 5 nitrogen and oxygen atoms in total. The van der Waals surface area contributed by atoms with E-state index in [0.717, 1.165) is 6.42 Å². The van der Waals surface area contributed by atoms with Gasteiger partial charge in [-0.2, -0.15) is 4.98 Å². The molecule has 3 aromatic rings. The van der Waals surface area contributed by atoms with Crippen molar-refractivity contribution in [3.05, 3.63) is 82.9 Å². The van der Waals surface area contributed by atoms with Crippen molar-refractivity contribution in [2.24, 2.45) is 5.92 Å². The molecule has 1 aromatic heterocycles. The summed E-state index contributed by atoms with van der Waals surface area (Å²) in [6.45, 7) is 7.24. The van der Waals surface area contributed by atoms with Crippen molar-refractivity contribution in [3.63, 3.8) is 0 Å². The molecule has 1 saturated carbocycles. The minimum Gasteiger partial charge on any atom is -0.493 e. The lowest BCUT2D eigenvalue weighted by atomic mass is 10.2. The number of fused-ring (bicyclic) bond motifs is 3. The van der Waals surface area contributed by atoms with E-state index in [2.05, 4.69) is 74.3 Å². The van der Waals surface area contributed by atoms with Gasteiger partial charge < -0.3 is 9.53 Å². The van der Waals surface area contributed by atoms with Gasteiger partial charge in [-0.15, -0.1) is 0 Å². The Balaban J connectivity index is 1.58. The molecule has 0 radical (unpaired) electrons. The highest BCUT2D eigenvalue weighted by Crippen LogP contribution is 2.58. The fourth-order valence-corrected chi connectivity index (χ4v) is 9.97. The lowest BCUT2D eigenvalue weighted by Crippen LogP contribution is -2.67. The molecule has 6 heteroatoms. The topological polar surface area (TPSA) is 64.3 Å². The number of benzene rings is 2. The van der Waals surface area contributed by atoms with Crippen LogP contribution in [0.25, 0.3) is 0 Å². The zero-order valence-electron chi connectivity index (χ0n) is 18.2. The Labute approximate surface area is 183 Å². The quantitative estimate of drug-likeness (QED) is 0.629. The largest absolute Gasteiger partial charge is 0.493 e. The summed E-state index contributed by atoms with van der Waals surface area (Å²) in [5.41, 5.74) is -0.189. The van der Waals surface area contributed by atoms with Crippen molar-refractivity contribution in [3.8, 4) is 5.88 Å². The van der Waals surface area contributed by atoms with Gasteiger partial charge in [0.25, 0.3) is 13.9 Å². The number of hydrogen-bond donors (Lipinski definition) is 1. The second kappa shape index (κ2) is 7.17. The number of hydrogen-bond acceptors (Lipinski definition) is 4. The van der Waals surface area contributed by atoms with Gasteiger partial charge in [0.1, 0.15) is 5.82 Å². The third-order valence-electron chi connectivity index (χ3n) is 6.85. The van der Waals surface area contributed by atoms with E-state index >= 15 is 0 Å². The van der Waals surface area contributed by atoms with Crippen molar-refractivity contribution >= 4 is 18.7 Å². The minimum atomic E-state index is -2.66. The molecular formula is C25H28N2O3Si. The Bertz CT molecular complexity index is 1120. The van der Waals surface area contributed by atoms with Crippen LogP contribution in [0.3, 0.4) is 0 Å². The van der Waals surface area contributed by atoms with Crippen LogP contribution in [-0.4, -0.2) is 29.6 Å². The molecule has 0 unspecified atom stereocenters. The summed E-state index contributed by atoms with van der Waals surface area (Å²) in [6.07, 6.45) is 1.00. The van der Waals surface area contributed by atoms with E-state index in [1.165, 1.54) is 16.4 Å². The molecule has 0 bridgehead atoms. The fourth-order valence-electron chi connectivity index (χ4n) is 5.39. The van der Waals surface area contributed by atoms with Crippen LogP contribution in [0.4, 0.5) is 0 Å². The summed E-state index contributed by atoms with van der Waals surface area (Å²) in [5.74, 6) is 1.15. The number of rotatable bonds is 5. The molecule has 1 N–H and O–H groups in total. The van der Waals surface area contributed by atoms with Crippen LogP contribution in [0.1, 0.15) is 45.0 Å². The van der Waals surface area contributed by atoms with Crippen LogP contribution in [0, 0.1) is 5.92 Å². The summed E-state index contributed by atoms with van der Waals surface area (Å²) in [4.78, 5) is 17.0. The van der Waals surface area contributed by atoms with E-state index in [1.807, 2.05) is 12.1 Å². The van der Waals surface area contributed by atoms with E-state index < -0.39 is 8.32 Å². The first-order valence-electron chi connectivity index (χ1n) is 10.9. The predicted molar refractivity (Wildman–Crippen MR) is 124 cm³/mol. The van der Waals surface area contributed by atoms with Crippen molar-refractivity contribution in [1.82, 2.24) is 9.55 Å². The number of aromatic hydroxyl groups is 1. The highest BCUT2D eigenvalue weighted by atomic mass is 28.4. The van der Waals surface area contributed by atoms with Gasteiger partial charge in [-0.3, -0.25) is 9.36 Å². The Morgan fingerprint density at radius 2 is 1.65 bits per heavy atom. The molecule has 1 fully saturated rings.